The minimum atomic E-state index is -0.149. The number of esters is 1. The molecule has 0 saturated carbocycles. The number of thiol groups is 1. The number of Topliss-reactive ketones (excluding diaryl/α,β-unsaturated/α-hetero) is 1. The number of hydrogen-bond donors (Lipinski definition) is 1. The molecule has 2 aliphatic heterocycles. The lowest BCUT2D eigenvalue weighted by molar-refractivity contribution is -0.438. The van der Waals surface area contributed by atoms with Gasteiger partial charge in [-0.2, -0.15) is 29.0 Å². The number of ether oxygens (including phenoxy) is 1. The second-order valence-corrected chi connectivity index (χ2v) is 19.3. The topological polar surface area (TPSA) is 49.6 Å². The van der Waals surface area contributed by atoms with Gasteiger partial charge in [-0.1, -0.05) is 92.8 Å². The van der Waals surface area contributed by atoms with E-state index in [0.717, 1.165) is 81.7 Å². The summed E-state index contributed by atoms with van der Waals surface area (Å²) in [6.07, 6.45) is 25.3. The van der Waals surface area contributed by atoms with Crippen LogP contribution in [0.1, 0.15) is 109 Å². The molecule has 4 aromatic carbocycles. The molecule has 61 heavy (non-hydrogen) atoms. The molecule has 0 N–H and O–H groups in total. The number of benzene rings is 4. The molecule has 0 aliphatic carbocycles. The molecule has 0 fully saturated rings. The van der Waals surface area contributed by atoms with Crippen molar-refractivity contribution in [3.63, 3.8) is 0 Å². The number of nitrogens with zero attached hydrogens (tertiary/aromatic N) is 2. The standard InChI is InChI=1S/C54H66N2O3S2/c1-53(2)46-37-41-23-13-15-25-43(41)39-48(46)55(32-18-9-10-27-45(57)28-22-36-61-35-21-17-31-52(58)59-5)50(53)29-11-7-6-8-12-30-51-54(3,4)47-38-42-24-14-16-26-44(42)40-49(47)56(51)33-19-20-34-60/h6-8,11-16,23-26,29-30,37-40H,9-10,17-22,27-28,31-36H2,1-5H3/p+1. The lowest BCUT2D eigenvalue weighted by Crippen LogP contribution is -2.27. The number of fused-ring (bicyclic) bond motifs is 4. The smallest absolute Gasteiger partial charge is 0.305 e. The molecule has 0 spiro atoms. The van der Waals surface area contributed by atoms with Gasteiger partial charge in [0.1, 0.15) is 12.3 Å². The van der Waals surface area contributed by atoms with Crippen LogP contribution in [0.25, 0.3) is 21.5 Å². The van der Waals surface area contributed by atoms with E-state index in [1.54, 1.807) is 0 Å². The summed E-state index contributed by atoms with van der Waals surface area (Å²) in [6, 6.07) is 26.9. The quantitative estimate of drug-likeness (QED) is 0.0265. The summed E-state index contributed by atoms with van der Waals surface area (Å²) in [5.41, 5.74) is 7.77. The number of anilines is 1. The van der Waals surface area contributed by atoms with Gasteiger partial charge in [-0.3, -0.25) is 9.59 Å². The monoisotopic (exact) mass is 855 g/mol. The largest absolute Gasteiger partial charge is 0.469 e. The summed E-state index contributed by atoms with van der Waals surface area (Å²) in [7, 11) is 1.44. The average molecular weight is 856 g/mol. The fraction of sp³-hybridized carbons (Fsp3) is 0.426. The van der Waals surface area contributed by atoms with Crippen molar-refractivity contribution in [2.75, 3.05) is 42.4 Å². The molecule has 322 valence electrons. The van der Waals surface area contributed by atoms with Crippen LogP contribution in [0.4, 0.5) is 11.4 Å². The molecule has 0 bridgehead atoms. The number of rotatable bonds is 23. The van der Waals surface area contributed by atoms with Crippen molar-refractivity contribution < 1.29 is 18.9 Å². The number of methoxy groups -OCH3 is 1. The van der Waals surface area contributed by atoms with Gasteiger partial charge in [-0.25, -0.2) is 0 Å². The van der Waals surface area contributed by atoms with Crippen LogP contribution in [-0.2, 0) is 25.2 Å². The third-order valence-corrected chi connectivity index (χ3v) is 14.0. The minimum absolute atomic E-state index is 0.104. The van der Waals surface area contributed by atoms with Crippen LogP contribution in [0.3, 0.4) is 0 Å². The van der Waals surface area contributed by atoms with Crippen LogP contribution >= 0.6 is 24.4 Å². The molecule has 0 amide bonds. The number of unbranched alkanes of at least 4 members (excludes halogenated alkanes) is 4. The van der Waals surface area contributed by atoms with Crippen LogP contribution < -0.4 is 4.90 Å². The first kappa shape index (κ1) is 46.2. The highest BCUT2D eigenvalue weighted by atomic mass is 32.2. The van der Waals surface area contributed by atoms with Gasteiger partial charge >= 0.3 is 5.97 Å². The maximum Gasteiger partial charge on any atom is 0.305 e. The number of carbonyl (C=O) groups excluding carboxylic acids is 2. The Balaban J connectivity index is 1.09. The molecular weight excluding hydrogens is 789 g/mol. The van der Waals surface area contributed by atoms with Gasteiger partial charge in [0, 0.05) is 66.7 Å². The van der Waals surface area contributed by atoms with E-state index in [2.05, 4.69) is 165 Å². The zero-order chi connectivity index (χ0) is 43.2. The molecule has 4 aromatic rings. The Morgan fingerprint density at radius 2 is 1.31 bits per heavy atom. The molecule has 6 rings (SSSR count). The van der Waals surface area contributed by atoms with Crippen molar-refractivity contribution in [2.45, 2.75) is 109 Å². The lowest BCUT2D eigenvalue weighted by Gasteiger charge is -2.27. The molecule has 7 heteroatoms. The zero-order valence-electron chi connectivity index (χ0n) is 37.3. The molecule has 5 nitrogen and oxygen atoms in total. The van der Waals surface area contributed by atoms with Crippen molar-refractivity contribution >= 4 is 74.8 Å². The van der Waals surface area contributed by atoms with Crippen LogP contribution in [0.2, 0.25) is 0 Å². The molecule has 0 aromatic heterocycles. The summed E-state index contributed by atoms with van der Waals surface area (Å²) < 4.78 is 7.24. The van der Waals surface area contributed by atoms with E-state index >= 15 is 0 Å². The van der Waals surface area contributed by atoms with Crippen LogP contribution in [0, 0.1) is 0 Å². The van der Waals surface area contributed by atoms with Crippen LogP contribution in [0.5, 0.6) is 0 Å². The Kier molecular flexibility index (Phi) is 16.8. The lowest BCUT2D eigenvalue weighted by atomic mass is 9.80. The van der Waals surface area contributed by atoms with Gasteiger partial charge in [0.05, 0.1) is 12.5 Å². The first-order valence-electron chi connectivity index (χ1n) is 22.5. The molecule has 0 unspecified atom stereocenters. The van der Waals surface area contributed by atoms with Gasteiger partial charge in [-0.05, 0) is 127 Å². The Bertz CT molecular complexity index is 2310. The van der Waals surface area contributed by atoms with Gasteiger partial charge in [0.25, 0.3) is 0 Å². The highest BCUT2D eigenvalue weighted by molar-refractivity contribution is 7.99. The van der Waals surface area contributed by atoms with E-state index in [1.807, 2.05) is 11.8 Å². The Morgan fingerprint density at radius 3 is 2.03 bits per heavy atom. The first-order valence-corrected chi connectivity index (χ1v) is 24.3. The summed E-state index contributed by atoms with van der Waals surface area (Å²) >= 11 is 6.38. The maximum absolute atomic E-state index is 12.7. The van der Waals surface area contributed by atoms with Gasteiger partial charge in [0.2, 0.25) is 5.69 Å². The average Bonchev–Trinajstić information content (AvgIpc) is 3.59. The minimum Gasteiger partial charge on any atom is -0.469 e. The second kappa shape index (κ2) is 22.2. The fourth-order valence-electron chi connectivity index (χ4n) is 9.00. The summed E-state index contributed by atoms with van der Waals surface area (Å²) in [5, 5.41) is 5.11. The van der Waals surface area contributed by atoms with E-state index in [-0.39, 0.29) is 16.8 Å². The van der Waals surface area contributed by atoms with E-state index < -0.39 is 0 Å². The van der Waals surface area contributed by atoms with Crippen LogP contribution in [-0.4, -0.2) is 59.5 Å². The van der Waals surface area contributed by atoms with Crippen molar-refractivity contribution in [3.05, 3.63) is 132 Å². The Labute approximate surface area is 375 Å². The van der Waals surface area contributed by atoms with E-state index in [0.29, 0.717) is 25.0 Å². The maximum atomic E-state index is 12.7. The number of ketones is 1. The van der Waals surface area contributed by atoms with Crippen molar-refractivity contribution in [1.82, 2.24) is 0 Å². The zero-order valence-corrected chi connectivity index (χ0v) is 39.0. The third-order valence-electron chi connectivity index (χ3n) is 12.5. The first-order chi connectivity index (χ1) is 29.6. The number of carbonyl (C=O) groups is 2. The van der Waals surface area contributed by atoms with E-state index in [4.69, 9.17) is 4.74 Å². The molecule has 2 heterocycles. The van der Waals surface area contributed by atoms with Crippen molar-refractivity contribution in [1.29, 1.82) is 0 Å². The number of allylic oxidation sites excluding steroid dienone is 8. The second-order valence-electron chi connectivity index (χ2n) is 17.6. The van der Waals surface area contributed by atoms with Gasteiger partial charge in [0.15, 0.2) is 5.71 Å². The number of hydrogen-bond acceptors (Lipinski definition) is 6. The van der Waals surface area contributed by atoms with Crippen molar-refractivity contribution in [3.8, 4) is 0 Å². The molecular formula is C54H67N2O3S2+. The molecule has 2 aliphatic rings. The highest BCUT2D eigenvalue weighted by Crippen LogP contribution is 2.49. The normalized spacial score (nSPS) is 16.3. The van der Waals surface area contributed by atoms with E-state index in [9.17, 15) is 9.59 Å². The van der Waals surface area contributed by atoms with Gasteiger partial charge in [-0.15, -0.1) is 0 Å². The SMILES string of the molecule is COC(=O)CCCCSCCCC(=O)CCCCC[N+]1=C(C=CC=CC=CC=C2N(CCCCS)c3cc4ccccc4cc3C2(C)C)C(C)(C)c2cc3ccccc3cc21. The predicted molar refractivity (Wildman–Crippen MR) is 266 cm³/mol. The summed E-state index contributed by atoms with van der Waals surface area (Å²) in [4.78, 5) is 26.5. The molecule has 0 atom stereocenters. The van der Waals surface area contributed by atoms with Crippen LogP contribution in [0.15, 0.2) is 121 Å². The highest BCUT2D eigenvalue weighted by Gasteiger charge is 2.44. The molecule has 0 saturated heterocycles. The van der Waals surface area contributed by atoms with E-state index in [1.165, 1.54) is 62.6 Å². The Hall–Kier alpha value is -4.33. The third kappa shape index (κ3) is 11.6. The van der Waals surface area contributed by atoms with Gasteiger partial charge < -0.3 is 9.64 Å². The fourth-order valence-corrected chi connectivity index (χ4v) is 10.2. The van der Waals surface area contributed by atoms with Crippen molar-refractivity contribution in [2.24, 2.45) is 0 Å². The summed E-state index contributed by atoms with van der Waals surface area (Å²) in [5.74, 6) is 3.18. The molecule has 0 radical (unpaired) electrons. The Morgan fingerprint density at radius 1 is 0.689 bits per heavy atom. The number of thioether (sulfide) groups is 1. The summed E-state index contributed by atoms with van der Waals surface area (Å²) in [6.45, 7) is 11.3. The predicted octanol–water partition coefficient (Wildman–Crippen LogP) is 13.4.